The number of hydrogen-bond acceptors (Lipinski definition) is 6. The summed E-state index contributed by atoms with van der Waals surface area (Å²) >= 11 is 0. The van der Waals surface area contributed by atoms with Crippen molar-refractivity contribution in [2.24, 2.45) is 5.92 Å². The van der Waals surface area contributed by atoms with Crippen molar-refractivity contribution in [3.05, 3.63) is 89.9 Å². The summed E-state index contributed by atoms with van der Waals surface area (Å²) in [5.41, 5.74) is 2.11. The van der Waals surface area contributed by atoms with Gasteiger partial charge >= 0.3 is 6.09 Å². The van der Waals surface area contributed by atoms with E-state index in [1.807, 2.05) is 48.7 Å². The molecule has 2 aromatic heterocycles. The Bertz CT molecular complexity index is 1530. The van der Waals surface area contributed by atoms with Crippen molar-refractivity contribution in [3.8, 4) is 11.5 Å². The molecule has 2 amide bonds. The lowest BCUT2D eigenvalue weighted by molar-refractivity contribution is -0.128. The molecule has 5 rings (SSSR count). The third kappa shape index (κ3) is 7.10. The van der Waals surface area contributed by atoms with Crippen LogP contribution < -0.4 is 20.1 Å². The van der Waals surface area contributed by atoms with Crippen LogP contribution in [0.1, 0.15) is 61.9 Å². The van der Waals surface area contributed by atoms with Gasteiger partial charge in [0.05, 0.1) is 26.0 Å². The fraction of sp³-hybridized carbons (Fsp3) is 0.382. The van der Waals surface area contributed by atoms with Crippen LogP contribution in [0.25, 0.3) is 10.9 Å². The Balaban J connectivity index is 1.39. The van der Waals surface area contributed by atoms with E-state index in [0.29, 0.717) is 11.5 Å². The summed E-state index contributed by atoms with van der Waals surface area (Å²) in [7, 11) is 3.11. The maximum absolute atomic E-state index is 14.3. The summed E-state index contributed by atoms with van der Waals surface area (Å²) in [5, 5.41) is 7.21. The molecule has 1 saturated carbocycles. The van der Waals surface area contributed by atoms with Gasteiger partial charge in [0.25, 0.3) is 0 Å². The number of amides is 2. The number of benzene rings is 2. The van der Waals surface area contributed by atoms with Crippen LogP contribution in [-0.4, -0.2) is 41.7 Å². The summed E-state index contributed by atoms with van der Waals surface area (Å²) in [6.45, 7) is 1.74. The van der Waals surface area contributed by atoms with Crippen LogP contribution in [0.2, 0.25) is 0 Å². The Morgan fingerprint density at radius 2 is 1.77 bits per heavy atom. The largest absolute Gasteiger partial charge is 0.493 e. The normalized spacial score (nSPS) is 15.7. The number of pyridine rings is 1. The highest BCUT2D eigenvalue weighted by atomic mass is 16.5. The summed E-state index contributed by atoms with van der Waals surface area (Å²) in [6, 6.07) is 18.7. The summed E-state index contributed by atoms with van der Waals surface area (Å²) in [4.78, 5) is 35.4. The Labute approximate surface area is 252 Å². The van der Waals surface area contributed by atoms with E-state index in [1.54, 1.807) is 45.5 Å². The zero-order valence-electron chi connectivity index (χ0n) is 25.0. The van der Waals surface area contributed by atoms with E-state index in [4.69, 9.17) is 14.2 Å². The van der Waals surface area contributed by atoms with Gasteiger partial charge in [0, 0.05) is 29.7 Å². The molecule has 9 heteroatoms. The molecule has 226 valence electrons. The molecule has 1 fully saturated rings. The lowest BCUT2D eigenvalue weighted by Crippen LogP contribution is -2.59. The van der Waals surface area contributed by atoms with E-state index < -0.39 is 11.6 Å². The lowest BCUT2D eigenvalue weighted by Gasteiger charge is -2.35. The maximum atomic E-state index is 14.3. The average molecular weight is 585 g/mol. The summed E-state index contributed by atoms with van der Waals surface area (Å²) in [6.07, 6.45) is 8.69. The number of methoxy groups -OCH3 is 2. The second-order valence-electron chi connectivity index (χ2n) is 11.4. The first-order valence-corrected chi connectivity index (χ1v) is 14.8. The van der Waals surface area contributed by atoms with E-state index in [-0.39, 0.29) is 30.9 Å². The Kier molecular flexibility index (Phi) is 9.49. The zero-order chi connectivity index (χ0) is 30.2. The topological polar surface area (TPSA) is 115 Å². The van der Waals surface area contributed by atoms with Crippen LogP contribution >= 0.6 is 0 Å². The van der Waals surface area contributed by atoms with E-state index in [1.165, 1.54) is 6.42 Å². The molecule has 2 aromatic carbocycles. The van der Waals surface area contributed by atoms with Crippen LogP contribution in [0, 0.1) is 5.92 Å². The highest BCUT2D eigenvalue weighted by Gasteiger charge is 2.39. The number of aromatic nitrogens is 2. The maximum Gasteiger partial charge on any atom is 0.408 e. The number of alkyl carbamates (subject to hydrolysis) is 1. The van der Waals surface area contributed by atoms with Gasteiger partial charge in [-0.15, -0.1) is 0 Å². The molecule has 3 N–H and O–H groups in total. The van der Waals surface area contributed by atoms with Crippen molar-refractivity contribution < 1.29 is 23.8 Å². The molecule has 0 aliphatic heterocycles. The Hall–Kier alpha value is -4.53. The zero-order valence-corrected chi connectivity index (χ0v) is 25.0. The number of carbonyl (C=O) groups excluding carboxylic acids is 2. The molecule has 1 unspecified atom stereocenters. The smallest absolute Gasteiger partial charge is 0.408 e. The average Bonchev–Trinajstić information content (AvgIpc) is 3.45. The summed E-state index contributed by atoms with van der Waals surface area (Å²) in [5.74, 6) is 1.10. The second-order valence-corrected chi connectivity index (χ2v) is 11.4. The SMILES string of the molecule is COc1ccc(COC(=O)N[C@@](C)(Cc2c[nH]c3ccccc23)C(=O)NC(c2ccccn2)C2CCCCC2)cc1OC. The standard InChI is InChI=1S/C34H40N4O5/c1-34(20-25-21-36-27-14-8-7-13-26(25)27,38-33(40)43-22-23-16-17-29(41-2)30(19-23)42-3)32(39)37-31(24-11-5-4-6-12-24)28-15-9-10-18-35-28/h7-10,13-19,21,24,31,36H,4-6,11-12,20,22H2,1-3H3,(H,37,39)(H,38,40)/t31?,34-/m0/s1. The van der Waals surface area contributed by atoms with Gasteiger partial charge in [-0.3, -0.25) is 9.78 Å². The van der Waals surface area contributed by atoms with E-state index in [2.05, 4.69) is 20.6 Å². The third-order valence-corrected chi connectivity index (χ3v) is 8.33. The van der Waals surface area contributed by atoms with Crippen molar-refractivity contribution in [1.82, 2.24) is 20.6 Å². The predicted octanol–water partition coefficient (Wildman–Crippen LogP) is 6.25. The van der Waals surface area contributed by atoms with Crippen LogP contribution in [0.4, 0.5) is 4.79 Å². The van der Waals surface area contributed by atoms with Crippen molar-refractivity contribution in [2.75, 3.05) is 14.2 Å². The first-order valence-electron chi connectivity index (χ1n) is 14.8. The monoisotopic (exact) mass is 584 g/mol. The highest BCUT2D eigenvalue weighted by Crippen LogP contribution is 2.34. The molecule has 43 heavy (non-hydrogen) atoms. The van der Waals surface area contributed by atoms with Crippen molar-refractivity contribution >= 4 is 22.9 Å². The van der Waals surface area contributed by atoms with Gasteiger partial charge in [0.2, 0.25) is 5.91 Å². The number of H-pyrrole nitrogens is 1. The van der Waals surface area contributed by atoms with Crippen LogP contribution in [0.3, 0.4) is 0 Å². The molecule has 0 radical (unpaired) electrons. The molecular weight excluding hydrogens is 544 g/mol. The van der Waals surface area contributed by atoms with Crippen LogP contribution in [0.15, 0.2) is 73.1 Å². The van der Waals surface area contributed by atoms with Gasteiger partial charge in [-0.1, -0.05) is 49.6 Å². The molecule has 4 aromatic rings. The number of rotatable bonds is 11. The number of nitrogens with one attached hydrogen (secondary N) is 3. The highest BCUT2D eigenvalue weighted by molar-refractivity contribution is 5.91. The fourth-order valence-corrected chi connectivity index (χ4v) is 5.98. The minimum Gasteiger partial charge on any atom is -0.493 e. The minimum atomic E-state index is -1.32. The number of para-hydroxylation sites is 1. The van der Waals surface area contributed by atoms with E-state index >= 15 is 0 Å². The number of carbonyl (C=O) groups is 2. The summed E-state index contributed by atoms with van der Waals surface area (Å²) < 4.78 is 16.3. The number of ether oxygens (including phenoxy) is 3. The van der Waals surface area contributed by atoms with Crippen LogP contribution in [-0.2, 0) is 22.6 Å². The number of nitrogens with zero attached hydrogens (tertiary/aromatic N) is 1. The minimum absolute atomic E-state index is 0.00436. The van der Waals surface area contributed by atoms with Gasteiger partial charge in [0.15, 0.2) is 11.5 Å². The first kappa shape index (κ1) is 29.9. The predicted molar refractivity (Wildman–Crippen MR) is 165 cm³/mol. The molecule has 0 spiro atoms. The van der Waals surface area contributed by atoms with Gasteiger partial charge in [-0.05, 0) is 67.1 Å². The molecule has 9 nitrogen and oxygen atoms in total. The quantitative estimate of drug-likeness (QED) is 0.192. The molecule has 0 bridgehead atoms. The third-order valence-electron chi connectivity index (χ3n) is 8.33. The lowest BCUT2D eigenvalue weighted by atomic mass is 9.81. The number of aromatic amines is 1. The fourth-order valence-electron chi connectivity index (χ4n) is 5.98. The van der Waals surface area contributed by atoms with E-state index in [0.717, 1.165) is 53.4 Å². The number of hydrogen-bond donors (Lipinski definition) is 3. The van der Waals surface area contributed by atoms with Gasteiger partial charge in [-0.2, -0.15) is 0 Å². The molecule has 1 aliphatic rings. The number of fused-ring (bicyclic) bond motifs is 1. The molecule has 2 heterocycles. The van der Waals surface area contributed by atoms with Crippen molar-refractivity contribution in [3.63, 3.8) is 0 Å². The van der Waals surface area contributed by atoms with Crippen molar-refractivity contribution in [1.29, 1.82) is 0 Å². The molecule has 2 atom stereocenters. The van der Waals surface area contributed by atoms with E-state index in [9.17, 15) is 9.59 Å². The molecular formula is C34H40N4O5. The Morgan fingerprint density at radius 3 is 2.51 bits per heavy atom. The van der Waals surface area contributed by atoms with Crippen molar-refractivity contribution in [2.45, 2.75) is 63.6 Å². The van der Waals surface area contributed by atoms with Crippen LogP contribution in [0.5, 0.6) is 11.5 Å². The van der Waals surface area contributed by atoms with Gasteiger partial charge in [-0.25, -0.2) is 4.79 Å². The molecule has 0 saturated heterocycles. The molecule has 1 aliphatic carbocycles. The Morgan fingerprint density at radius 1 is 1.00 bits per heavy atom. The van der Waals surface area contributed by atoms with Gasteiger partial charge in [0.1, 0.15) is 12.1 Å². The first-order chi connectivity index (χ1) is 20.9. The van der Waals surface area contributed by atoms with Gasteiger partial charge < -0.3 is 29.8 Å². The second kappa shape index (κ2) is 13.6.